The molecule has 3 rings (SSSR count). The number of nitrogens with zero attached hydrogens (tertiary/aromatic N) is 1. The number of hydrogen-bond donors (Lipinski definition) is 1. The Kier molecular flexibility index (Phi) is 4.24. The maximum absolute atomic E-state index is 9.73. The van der Waals surface area contributed by atoms with Gasteiger partial charge in [-0.05, 0) is 24.3 Å². The summed E-state index contributed by atoms with van der Waals surface area (Å²) in [6, 6.07) is 15.4. The van der Waals surface area contributed by atoms with Crippen LogP contribution in [0.25, 0.3) is 22.6 Å². The summed E-state index contributed by atoms with van der Waals surface area (Å²) in [6.45, 7) is -0.133. The van der Waals surface area contributed by atoms with Gasteiger partial charge in [0.05, 0.1) is 12.2 Å². The molecule has 3 nitrogen and oxygen atoms in total. The third-order valence-corrected chi connectivity index (χ3v) is 4.40. The van der Waals surface area contributed by atoms with Gasteiger partial charge in [0.1, 0.15) is 5.69 Å². The molecular formula is C16H11Br2NO2. The molecule has 106 valence electrons. The summed E-state index contributed by atoms with van der Waals surface area (Å²) in [5.74, 6) is 0.586. The zero-order chi connectivity index (χ0) is 14.8. The van der Waals surface area contributed by atoms with E-state index in [9.17, 15) is 5.11 Å². The van der Waals surface area contributed by atoms with Crippen LogP contribution in [-0.2, 0) is 6.61 Å². The molecule has 0 aliphatic heterocycles. The molecule has 0 saturated carbocycles. The van der Waals surface area contributed by atoms with Crippen molar-refractivity contribution < 1.29 is 9.63 Å². The van der Waals surface area contributed by atoms with E-state index in [0.29, 0.717) is 17.0 Å². The van der Waals surface area contributed by atoms with Gasteiger partial charge in [-0.25, -0.2) is 0 Å². The molecule has 0 amide bonds. The first kappa shape index (κ1) is 14.5. The molecule has 0 bridgehead atoms. The maximum Gasteiger partial charge on any atom is 0.174 e. The molecule has 0 aliphatic carbocycles. The predicted octanol–water partition coefficient (Wildman–Crippen LogP) is 5.03. The van der Waals surface area contributed by atoms with Crippen LogP contribution in [-0.4, -0.2) is 10.3 Å². The number of rotatable bonds is 3. The van der Waals surface area contributed by atoms with E-state index in [1.165, 1.54) is 0 Å². The fourth-order valence-electron chi connectivity index (χ4n) is 2.15. The smallest absolute Gasteiger partial charge is 0.174 e. The van der Waals surface area contributed by atoms with Crippen LogP contribution in [0.15, 0.2) is 62.0 Å². The summed E-state index contributed by atoms with van der Waals surface area (Å²) < 4.78 is 7.38. The van der Waals surface area contributed by atoms with Crippen molar-refractivity contribution in [2.24, 2.45) is 0 Å². The largest absolute Gasteiger partial charge is 0.391 e. The lowest BCUT2D eigenvalue weighted by Gasteiger charge is -2.03. The monoisotopic (exact) mass is 407 g/mol. The molecule has 0 radical (unpaired) electrons. The summed E-state index contributed by atoms with van der Waals surface area (Å²) in [5.41, 5.74) is 3.13. The first-order valence-electron chi connectivity index (χ1n) is 6.31. The minimum Gasteiger partial charge on any atom is -0.391 e. The molecule has 0 saturated heterocycles. The third kappa shape index (κ3) is 2.81. The molecular weight excluding hydrogens is 398 g/mol. The lowest BCUT2D eigenvalue weighted by molar-refractivity contribution is 0.281. The normalized spacial score (nSPS) is 10.8. The van der Waals surface area contributed by atoms with Crippen LogP contribution in [0.2, 0.25) is 0 Å². The Hall–Kier alpha value is -1.43. The first-order valence-corrected chi connectivity index (χ1v) is 7.89. The molecule has 2 aromatic carbocycles. The summed E-state index contributed by atoms with van der Waals surface area (Å²) >= 11 is 6.90. The Morgan fingerprint density at radius 1 is 1.00 bits per heavy atom. The molecule has 1 aromatic heterocycles. The van der Waals surface area contributed by atoms with Crippen molar-refractivity contribution in [1.29, 1.82) is 0 Å². The second kappa shape index (κ2) is 6.13. The highest BCUT2D eigenvalue weighted by molar-refractivity contribution is 9.10. The van der Waals surface area contributed by atoms with Crippen LogP contribution < -0.4 is 0 Å². The van der Waals surface area contributed by atoms with E-state index < -0.39 is 0 Å². The van der Waals surface area contributed by atoms with Crippen molar-refractivity contribution in [3.63, 3.8) is 0 Å². The van der Waals surface area contributed by atoms with Gasteiger partial charge in [-0.3, -0.25) is 0 Å². The van der Waals surface area contributed by atoms with Gasteiger partial charge in [0.25, 0.3) is 0 Å². The SMILES string of the molecule is OCc1c(-c2ccc(Br)cc2)noc1-c1ccccc1Br. The van der Waals surface area contributed by atoms with Crippen molar-refractivity contribution >= 4 is 31.9 Å². The van der Waals surface area contributed by atoms with Crippen molar-refractivity contribution in [1.82, 2.24) is 5.16 Å². The highest BCUT2D eigenvalue weighted by Crippen LogP contribution is 2.36. The highest BCUT2D eigenvalue weighted by Gasteiger charge is 2.19. The lowest BCUT2D eigenvalue weighted by Crippen LogP contribution is -1.89. The van der Waals surface area contributed by atoms with Gasteiger partial charge < -0.3 is 9.63 Å². The van der Waals surface area contributed by atoms with Gasteiger partial charge in [-0.1, -0.05) is 61.3 Å². The van der Waals surface area contributed by atoms with Crippen LogP contribution in [0.3, 0.4) is 0 Å². The van der Waals surface area contributed by atoms with Gasteiger partial charge in [-0.2, -0.15) is 0 Å². The number of aliphatic hydroxyl groups excluding tert-OH is 1. The Morgan fingerprint density at radius 3 is 2.38 bits per heavy atom. The number of hydrogen-bond acceptors (Lipinski definition) is 3. The third-order valence-electron chi connectivity index (χ3n) is 3.18. The molecule has 0 aliphatic rings. The molecule has 3 aromatic rings. The van der Waals surface area contributed by atoms with Gasteiger partial charge >= 0.3 is 0 Å². The molecule has 0 atom stereocenters. The van der Waals surface area contributed by atoms with Crippen molar-refractivity contribution in [3.05, 3.63) is 63.0 Å². The molecule has 0 unspecified atom stereocenters. The van der Waals surface area contributed by atoms with Crippen molar-refractivity contribution in [3.8, 4) is 22.6 Å². The molecule has 5 heteroatoms. The molecule has 0 spiro atoms. The Bertz CT molecular complexity index is 766. The Balaban J connectivity index is 2.13. The second-order valence-electron chi connectivity index (χ2n) is 4.48. The average Bonchev–Trinajstić information content (AvgIpc) is 2.92. The standard InChI is InChI=1S/C16H11Br2NO2/c17-11-7-5-10(6-8-11)15-13(9-20)16(21-19-15)12-3-1-2-4-14(12)18/h1-8,20H,9H2. The zero-order valence-electron chi connectivity index (χ0n) is 10.9. The van der Waals surface area contributed by atoms with Crippen molar-refractivity contribution in [2.75, 3.05) is 0 Å². The van der Waals surface area contributed by atoms with Crippen LogP contribution in [0.4, 0.5) is 0 Å². The van der Waals surface area contributed by atoms with E-state index in [1.54, 1.807) is 0 Å². The topological polar surface area (TPSA) is 46.3 Å². The van der Waals surface area contributed by atoms with Crippen LogP contribution in [0.5, 0.6) is 0 Å². The fraction of sp³-hybridized carbons (Fsp3) is 0.0625. The van der Waals surface area contributed by atoms with E-state index in [-0.39, 0.29) is 6.61 Å². The number of aromatic nitrogens is 1. The van der Waals surface area contributed by atoms with Crippen LogP contribution in [0, 0.1) is 0 Å². The quantitative estimate of drug-likeness (QED) is 0.661. The predicted molar refractivity (Wildman–Crippen MR) is 88.7 cm³/mol. The highest BCUT2D eigenvalue weighted by atomic mass is 79.9. The van der Waals surface area contributed by atoms with E-state index >= 15 is 0 Å². The minimum absolute atomic E-state index is 0.133. The van der Waals surface area contributed by atoms with E-state index in [2.05, 4.69) is 37.0 Å². The Morgan fingerprint density at radius 2 is 1.71 bits per heavy atom. The minimum atomic E-state index is -0.133. The van der Waals surface area contributed by atoms with E-state index in [1.807, 2.05) is 48.5 Å². The van der Waals surface area contributed by atoms with Gasteiger partial charge in [-0.15, -0.1) is 0 Å². The Labute approximate surface area is 138 Å². The fourth-order valence-corrected chi connectivity index (χ4v) is 2.88. The summed E-state index contributed by atoms with van der Waals surface area (Å²) in [7, 11) is 0. The van der Waals surface area contributed by atoms with Gasteiger partial charge in [0, 0.05) is 20.1 Å². The number of aliphatic hydroxyl groups is 1. The summed E-state index contributed by atoms with van der Waals surface area (Å²) in [6.07, 6.45) is 0. The molecule has 1 heterocycles. The average molecular weight is 409 g/mol. The van der Waals surface area contributed by atoms with Crippen LogP contribution in [0.1, 0.15) is 5.56 Å². The number of benzene rings is 2. The maximum atomic E-state index is 9.73. The van der Waals surface area contributed by atoms with E-state index in [0.717, 1.165) is 20.1 Å². The first-order chi connectivity index (χ1) is 10.2. The zero-order valence-corrected chi connectivity index (χ0v) is 14.1. The van der Waals surface area contributed by atoms with Crippen molar-refractivity contribution in [2.45, 2.75) is 6.61 Å². The molecule has 1 N–H and O–H groups in total. The van der Waals surface area contributed by atoms with Crippen LogP contribution >= 0.6 is 31.9 Å². The molecule has 21 heavy (non-hydrogen) atoms. The van der Waals surface area contributed by atoms with Gasteiger partial charge in [0.15, 0.2) is 5.76 Å². The van der Waals surface area contributed by atoms with E-state index in [4.69, 9.17) is 4.52 Å². The van der Waals surface area contributed by atoms with Gasteiger partial charge in [0.2, 0.25) is 0 Å². The lowest BCUT2D eigenvalue weighted by atomic mass is 10.0. The number of halogens is 2. The summed E-state index contributed by atoms with van der Waals surface area (Å²) in [5, 5.41) is 13.9. The summed E-state index contributed by atoms with van der Waals surface area (Å²) in [4.78, 5) is 0. The molecule has 0 fully saturated rings. The second-order valence-corrected chi connectivity index (χ2v) is 6.25.